The summed E-state index contributed by atoms with van der Waals surface area (Å²) in [4.78, 5) is 12.4. The Hall–Kier alpha value is -3.24. The molecule has 0 saturated carbocycles. The largest absolute Gasteiger partial charge is 0.351 e. The van der Waals surface area contributed by atoms with Gasteiger partial charge >= 0.3 is 0 Å². The maximum Gasteiger partial charge on any atom is 0.261 e. The molecule has 0 heterocycles. The van der Waals surface area contributed by atoms with E-state index < -0.39 is 31.6 Å². The lowest BCUT2D eigenvalue weighted by Crippen LogP contribution is -2.29. The first-order valence-electron chi connectivity index (χ1n) is 9.53. The Morgan fingerprint density at radius 2 is 1.53 bits per heavy atom. The van der Waals surface area contributed by atoms with Crippen molar-refractivity contribution in [2.45, 2.75) is 16.7 Å². The molecule has 0 bridgehead atoms. The average molecular weight is 477 g/mol. The summed E-state index contributed by atoms with van der Waals surface area (Å²) in [5, 5.41) is 2.54. The SMILES string of the molecule is Cc1cc(S(=O)(=O)Nc2ccc(C(=O)NCCS(=O)(=O)c3ccccc3)cc2)ccc1F. The molecule has 1 amide bonds. The Morgan fingerprint density at radius 3 is 2.16 bits per heavy atom. The molecule has 0 atom stereocenters. The number of rotatable bonds is 8. The van der Waals surface area contributed by atoms with Crippen molar-refractivity contribution < 1.29 is 26.0 Å². The number of aryl methyl sites for hydroxylation is 1. The summed E-state index contributed by atoms with van der Waals surface area (Å²) >= 11 is 0. The van der Waals surface area contributed by atoms with Crippen molar-refractivity contribution in [2.24, 2.45) is 0 Å². The van der Waals surface area contributed by atoms with Gasteiger partial charge in [0.2, 0.25) is 0 Å². The average Bonchev–Trinajstić information content (AvgIpc) is 2.76. The molecule has 0 unspecified atom stereocenters. The van der Waals surface area contributed by atoms with Crippen LogP contribution in [-0.4, -0.2) is 35.0 Å². The summed E-state index contributed by atoms with van der Waals surface area (Å²) in [6, 6.07) is 17.0. The molecule has 0 fully saturated rings. The third-order valence-electron chi connectivity index (χ3n) is 4.60. The van der Waals surface area contributed by atoms with Gasteiger partial charge < -0.3 is 5.32 Å². The van der Waals surface area contributed by atoms with Gasteiger partial charge in [-0.1, -0.05) is 18.2 Å². The number of benzene rings is 3. The second-order valence-corrected chi connectivity index (χ2v) is 10.8. The zero-order valence-electron chi connectivity index (χ0n) is 17.1. The van der Waals surface area contributed by atoms with Gasteiger partial charge in [-0.05, 0) is 67.1 Å². The van der Waals surface area contributed by atoms with Crippen molar-refractivity contribution in [1.29, 1.82) is 0 Å². The van der Waals surface area contributed by atoms with Gasteiger partial charge in [-0.2, -0.15) is 0 Å². The normalized spacial score (nSPS) is 11.7. The fourth-order valence-corrected chi connectivity index (χ4v) is 5.16. The summed E-state index contributed by atoms with van der Waals surface area (Å²) in [5.41, 5.74) is 0.659. The highest BCUT2D eigenvalue weighted by Crippen LogP contribution is 2.19. The van der Waals surface area contributed by atoms with Crippen LogP contribution >= 0.6 is 0 Å². The quantitative estimate of drug-likeness (QED) is 0.519. The maximum atomic E-state index is 13.4. The van der Waals surface area contributed by atoms with E-state index in [0.29, 0.717) is 0 Å². The van der Waals surface area contributed by atoms with E-state index >= 15 is 0 Å². The summed E-state index contributed by atoms with van der Waals surface area (Å²) in [5.74, 6) is -1.25. The molecule has 0 aliphatic heterocycles. The molecule has 0 spiro atoms. The second-order valence-electron chi connectivity index (χ2n) is 6.98. The maximum absolute atomic E-state index is 13.4. The van der Waals surface area contributed by atoms with Crippen LogP contribution in [0.4, 0.5) is 10.1 Å². The summed E-state index contributed by atoms with van der Waals surface area (Å²) in [7, 11) is -7.44. The molecule has 0 radical (unpaired) electrons. The minimum Gasteiger partial charge on any atom is -0.351 e. The third kappa shape index (κ3) is 5.71. The van der Waals surface area contributed by atoms with Crippen LogP contribution in [0.25, 0.3) is 0 Å². The van der Waals surface area contributed by atoms with E-state index in [1.165, 1.54) is 49.4 Å². The van der Waals surface area contributed by atoms with Crippen LogP contribution in [-0.2, 0) is 19.9 Å². The van der Waals surface area contributed by atoms with Crippen LogP contribution in [0.3, 0.4) is 0 Å². The standard InChI is InChI=1S/C22H21FN2O5S2/c1-16-15-20(11-12-21(16)23)32(29,30)25-18-9-7-17(8-10-18)22(26)24-13-14-31(27,28)19-5-3-2-4-6-19/h2-12,15,25H,13-14H2,1H3,(H,24,26). The van der Waals surface area contributed by atoms with Crippen LogP contribution in [0.15, 0.2) is 82.6 Å². The smallest absolute Gasteiger partial charge is 0.261 e. The molecule has 168 valence electrons. The Bertz CT molecular complexity index is 1320. The highest BCUT2D eigenvalue weighted by atomic mass is 32.2. The molecule has 32 heavy (non-hydrogen) atoms. The van der Waals surface area contributed by atoms with Gasteiger partial charge in [0.05, 0.1) is 15.5 Å². The number of hydrogen-bond acceptors (Lipinski definition) is 5. The first kappa shape index (κ1) is 23.4. The fourth-order valence-electron chi connectivity index (χ4n) is 2.83. The monoisotopic (exact) mass is 476 g/mol. The van der Waals surface area contributed by atoms with Crippen LogP contribution in [0.2, 0.25) is 0 Å². The van der Waals surface area contributed by atoms with Crippen molar-refractivity contribution in [3.05, 3.63) is 89.7 Å². The first-order valence-corrected chi connectivity index (χ1v) is 12.7. The number of halogens is 1. The Morgan fingerprint density at radius 1 is 0.875 bits per heavy atom. The van der Waals surface area contributed by atoms with Crippen molar-refractivity contribution >= 4 is 31.5 Å². The lowest BCUT2D eigenvalue weighted by atomic mass is 10.2. The highest BCUT2D eigenvalue weighted by Gasteiger charge is 2.17. The number of amides is 1. The number of sulfonamides is 1. The number of anilines is 1. The molecule has 0 aliphatic carbocycles. The lowest BCUT2D eigenvalue weighted by Gasteiger charge is -2.10. The Labute approximate surface area is 186 Å². The van der Waals surface area contributed by atoms with E-state index in [-0.39, 0.29) is 38.9 Å². The molecule has 2 N–H and O–H groups in total. The molecule has 10 heteroatoms. The summed E-state index contributed by atoms with van der Waals surface area (Å²) in [6.07, 6.45) is 0. The van der Waals surface area contributed by atoms with Crippen molar-refractivity contribution in [1.82, 2.24) is 5.32 Å². The highest BCUT2D eigenvalue weighted by molar-refractivity contribution is 7.92. The van der Waals surface area contributed by atoms with Crippen LogP contribution < -0.4 is 10.0 Å². The minimum atomic E-state index is -3.93. The van der Waals surface area contributed by atoms with Gasteiger partial charge in [0.1, 0.15) is 5.82 Å². The van der Waals surface area contributed by atoms with E-state index in [1.54, 1.807) is 18.2 Å². The van der Waals surface area contributed by atoms with Gasteiger partial charge in [-0.25, -0.2) is 21.2 Å². The third-order valence-corrected chi connectivity index (χ3v) is 7.71. The van der Waals surface area contributed by atoms with Gasteiger partial charge in [0.25, 0.3) is 15.9 Å². The zero-order valence-corrected chi connectivity index (χ0v) is 18.7. The van der Waals surface area contributed by atoms with E-state index in [2.05, 4.69) is 10.0 Å². The molecule has 0 aromatic heterocycles. The van der Waals surface area contributed by atoms with Gasteiger partial charge in [0.15, 0.2) is 9.84 Å². The zero-order chi connectivity index (χ0) is 23.4. The molecule has 7 nitrogen and oxygen atoms in total. The predicted molar refractivity (Wildman–Crippen MR) is 119 cm³/mol. The summed E-state index contributed by atoms with van der Waals surface area (Å²) in [6.45, 7) is 1.39. The van der Waals surface area contributed by atoms with Crippen LogP contribution in [0.5, 0.6) is 0 Å². The van der Waals surface area contributed by atoms with Crippen LogP contribution in [0, 0.1) is 12.7 Å². The van der Waals surface area contributed by atoms with E-state index in [9.17, 15) is 26.0 Å². The van der Waals surface area contributed by atoms with Crippen molar-refractivity contribution in [2.75, 3.05) is 17.0 Å². The topological polar surface area (TPSA) is 109 Å². The predicted octanol–water partition coefficient (Wildman–Crippen LogP) is 3.14. The van der Waals surface area contributed by atoms with E-state index in [0.717, 1.165) is 12.1 Å². The Balaban J connectivity index is 1.60. The second kappa shape index (κ2) is 9.49. The molecular weight excluding hydrogens is 455 g/mol. The summed E-state index contributed by atoms with van der Waals surface area (Å²) < 4.78 is 65.2. The number of hydrogen-bond donors (Lipinski definition) is 2. The Kier molecular flexibility index (Phi) is 6.95. The van der Waals surface area contributed by atoms with Crippen molar-refractivity contribution in [3.63, 3.8) is 0 Å². The fraction of sp³-hybridized carbons (Fsp3) is 0.136. The van der Waals surface area contributed by atoms with Gasteiger partial charge in [0, 0.05) is 17.8 Å². The van der Waals surface area contributed by atoms with E-state index in [1.807, 2.05) is 0 Å². The van der Waals surface area contributed by atoms with E-state index in [4.69, 9.17) is 0 Å². The molecule has 3 aromatic carbocycles. The lowest BCUT2D eigenvalue weighted by molar-refractivity contribution is 0.0956. The molecule has 0 aliphatic rings. The molecule has 3 rings (SSSR count). The molecule has 0 saturated heterocycles. The van der Waals surface area contributed by atoms with Crippen LogP contribution in [0.1, 0.15) is 15.9 Å². The first-order chi connectivity index (χ1) is 15.1. The van der Waals surface area contributed by atoms with Gasteiger partial charge in [-0.15, -0.1) is 0 Å². The molecule has 3 aromatic rings. The van der Waals surface area contributed by atoms with Crippen molar-refractivity contribution in [3.8, 4) is 0 Å². The number of nitrogens with one attached hydrogen (secondary N) is 2. The van der Waals surface area contributed by atoms with Gasteiger partial charge in [-0.3, -0.25) is 9.52 Å². The number of carbonyl (C=O) groups excluding carboxylic acids is 1. The minimum absolute atomic E-state index is 0.0750. The number of sulfone groups is 1. The number of carbonyl (C=O) groups is 1. The molecular formula is C22H21FN2O5S2.